The highest BCUT2D eigenvalue weighted by atomic mass is 19.1. The highest BCUT2D eigenvalue weighted by Gasteiger charge is 2.52. The molecule has 0 saturated heterocycles. The van der Waals surface area contributed by atoms with Gasteiger partial charge in [0.1, 0.15) is 17.7 Å². The molecule has 0 bridgehead atoms. The highest BCUT2D eigenvalue weighted by molar-refractivity contribution is 5.92. The summed E-state index contributed by atoms with van der Waals surface area (Å²) in [6.45, 7) is 3.34. The Hall–Kier alpha value is -1.68. The first-order valence-electron chi connectivity index (χ1n) is 7.41. The lowest BCUT2D eigenvalue weighted by molar-refractivity contribution is -0.117. The van der Waals surface area contributed by atoms with Crippen molar-refractivity contribution >= 4 is 5.78 Å². The molecule has 2 atom stereocenters. The predicted molar refractivity (Wildman–Crippen MR) is 76.9 cm³/mol. The Balaban J connectivity index is 2.02. The normalized spacial score (nSPS) is 30.6. The fourth-order valence-corrected chi connectivity index (χ4v) is 4.00. The third kappa shape index (κ3) is 1.65. The van der Waals surface area contributed by atoms with Crippen LogP contribution in [-0.2, 0) is 16.8 Å². The molecular weight excluding hydrogens is 269 g/mol. The molecule has 0 N–H and O–H groups in total. The lowest BCUT2D eigenvalue weighted by Crippen LogP contribution is -2.41. The van der Waals surface area contributed by atoms with Gasteiger partial charge < -0.3 is 9.64 Å². The van der Waals surface area contributed by atoms with Crippen molar-refractivity contribution in [3.63, 3.8) is 0 Å². The van der Waals surface area contributed by atoms with Crippen molar-refractivity contribution in [2.24, 2.45) is 0 Å². The molecule has 1 aromatic rings. The van der Waals surface area contributed by atoms with E-state index in [4.69, 9.17) is 4.74 Å². The fourth-order valence-electron chi connectivity index (χ4n) is 4.00. The molecular formula is C17H18FNO2. The molecule has 21 heavy (non-hydrogen) atoms. The zero-order chi connectivity index (χ0) is 14.8. The van der Waals surface area contributed by atoms with E-state index in [0.717, 1.165) is 35.4 Å². The third-order valence-corrected chi connectivity index (χ3v) is 5.11. The van der Waals surface area contributed by atoms with Gasteiger partial charge in [-0.15, -0.1) is 0 Å². The van der Waals surface area contributed by atoms with Crippen LogP contribution in [0.2, 0.25) is 0 Å². The average molecular weight is 287 g/mol. The molecule has 3 nitrogen and oxygen atoms in total. The van der Waals surface area contributed by atoms with E-state index in [2.05, 4.69) is 4.90 Å². The zero-order valence-corrected chi connectivity index (χ0v) is 12.3. The maximum absolute atomic E-state index is 14.5. The smallest absolute Gasteiger partial charge is 0.159 e. The first-order valence-corrected chi connectivity index (χ1v) is 7.41. The van der Waals surface area contributed by atoms with Crippen LogP contribution >= 0.6 is 0 Å². The van der Waals surface area contributed by atoms with E-state index < -0.39 is 0 Å². The minimum Gasteiger partial charge on any atom is -0.488 e. The molecule has 4 heteroatoms. The molecule has 0 saturated carbocycles. The maximum atomic E-state index is 14.5. The summed E-state index contributed by atoms with van der Waals surface area (Å²) in [5, 5.41) is 0. The number of nitrogens with zero attached hydrogens (tertiary/aromatic N) is 1. The zero-order valence-electron chi connectivity index (χ0n) is 12.3. The average Bonchev–Trinajstić information content (AvgIpc) is 2.68. The quantitative estimate of drug-likeness (QED) is 0.734. The van der Waals surface area contributed by atoms with Crippen molar-refractivity contribution in [3.8, 4) is 5.75 Å². The Morgan fingerprint density at radius 2 is 2.29 bits per heavy atom. The van der Waals surface area contributed by atoms with E-state index in [0.29, 0.717) is 13.0 Å². The van der Waals surface area contributed by atoms with E-state index >= 15 is 0 Å². The second kappa shape index (κ2) is 4.17. The molecule has 2 unspecified atom stereocenters. The van der Waals surface area contributed by atoms with Gasteiger partial charge in [0.2, 0.25) is 0 Å². The van der Waals surface area contributed by atoms with Crippen molar-refractivity contribution in [3.05, 3.63) is 40.7 Å². The van der Waals surface area contributed by atoms with E-state index in [1.54, 1.807) is 12.1 Å². The standard InChI is InChI=1S/C17H18FNO2/c1-10-7-13(18)12-9-19(2)6-5-17-4-3-11(20)8-14(17)21-16(10)15(12)17/h3-4,7,14H,5-6,8-9H2,1-2H3. The molecule has 0 amide bonds. The van der Waals surface area contributed by atoms with Gasteiger partial charge in [-0.1, -0.05) is 6.08 Å². The molecule has 1 aliphatic carbocycles. The summed E-state index contributed by atoms with van der Waals surface area (Å²) in [4.78, 5) is 13.9. The number of ether oxygens (including phenoxy) is 1. The number of aryl methyl sites for hydroxylation is 1. The van der Waals surface area contributed by atoms with Crippen LogP contribution in [-0.4, -0.2) is 30.4 Å². The number of halogens is 1. The van der Waals surface area contributed by atoms with Gasteiger partial charge in [-0.25, -0.2) is 4.39 Å². The van der Waals surface area contributed by atoms with Crippen molar-refractivity contribution < 1.29 is 13.9 Å². The minimum absolute atomic E-state index is 0.0932. The minimum atomic E-state index is -0.337. The second-order valence-corrected chi connectivity index (χ2v) is 6.50. The van der Waals surface area contributed by atoms with Crippen LogP contribution in [0.3, 0.4) is 0 Å². The molecule has 2 aliphatic heterocycles. The third-order valence-electron chi connectivity index (χ3n) is 5.11. The molecule has 110 valence electrons. The van der Waals surface area contributed by atoms with E-state index in [9.17, 15) is 9.18 Å². The maximum Gasteiger partial charge on any atom is 0.159 e. The number of carbonyl (C=O) groups excluding carboxylic acids is 1. The molecule has 3 aliphatic rings. The van der Waals surface area contributed by atoms with Crippen LogP contribution in [0.4, 0.5) is 4.39 Å². The lowest BCUT2D eigenvalue weighted by atomic mass is 9.69. The fraction of sp³-hybridized carbons (Fsp3) is 0.471. The lowest BCUT2D eigenvalue weighted by Gasteiger charge is -2.33. The Bertz CT molecular complexity index is 682. The number of rotatable bonds is 0. The summed E-state index contributed by atoms with van der Waals surface area (Å²) in [5.41, 5.74) is 2.21. The van der Waals surface area contributed by atoms with Crippen molar-refractivity contribution in [2.45, 2.75) is 37.8 Å². The summed E-state index contributed by atoms with van der Waals surface area (Å²) in [7, 11) is 2.01. The monoisotopic (exact) mass is 287 g/mol. The van der Waals surface area contributed by atoms with E-state index in [1.165, 1.54) is 0 Å². The van der Waals surface area contributed by atoms with Crippen LogP contribution in [0.25, 0.3) is 0 Å². The first kappa shape index (κ1) is 13.0. The molecule has 0 radical (unpaired) electrons. The van der Waals surface area contributed by atoms with Crippen molar-refractivity contribution in [2.75, 3.05) is 13.6 Å². The van der Waals surface area contributed by atoms with Crippen molar-refractivity contribution in [1.82, 2.24) is 4.90 Å². The Morgan fingerprint density at radius 3 is 3.10 bits per heavy atom. The summed E-state index contributed by atoms with van der Waals surface area (Å²) in [6, 6.07) is 1.56. The summed E-state index contributed by atoms with van der Waals surface area (Å²) < 4.78 is 20.6. The molecule has 1 aromatic carbocycles. The SMILES string of the molecule is Cc1cc(F)c2c3c1OC1CC(=O)C=CC31CCN(C)C2. The van der Waals surface area contributed by atoms with Crippen LogP contribution in [0.15, 0.2) is 18.2 Å². The number of carbonyl (C=O) groups is 1. The number of hydrogen-bond acceptors (Lipinski definition) is 3. The topological polar surface area (TPSA) is 29.5 Å². The van der Waals surface area contributed by atoms with Crippen LogP contribution in [0.5, 0.6) is 5.75 Å². The number of hydrogen-bond donors (Lipinski definition) is 0. The Kier molecular flexibility index (Phi) is 2.58. The molecule has 2 heterocycles. The summed E-state index contributed by atoms with van der Waals surface area (Å²) in [6.07, 6.45) is 4.69. The van der Waals surface area contributed by atoms with Crippen molar-refractivity contribution in [1.29, 1.82) is 0 Å². The molecule has 0 fully saturated rings. The van der Waals surface area contributed by atoms with Gasteiger partial charge in [-0.2, -0.15) is 0 Å². The Morgan fingerprint density at radius 1 is 1.48 bits per heavy atom. The Labute approximate surface area is 123 Å². The van der Waals surface area contributed by atoms with Gasteiger partial charge in [0, 0.05) is 24.1 Å². The number of benzene rings is 1. The predicted octanol–water partition coefficient (Wildman–Crippen LogP) is 2.50. The van der Waals surface area contributed by atoms with Gasteiger partial charge in [0.15, 0.2) is 5.78 Å². The first-order chi connectivity index (χ1) is 10.0. The largest absolute Gasteiger partial charge is 0.488 e. The van der Waals surface area contributed by atoms with Crippen LogP contribution < -0.4 is 4.74 Å². The van der Waals surface area contributed by atoms with E-state index in [1.807, 2.05) is 20.0 Å². The van der Waals surface area contributed by atoms with Gasteiger partial charge in [0.25, 0.3) is 0 Å². The van der Waals surface area contributed by atoms with Crippen LogP contribution in [0, 0.1) is 12.7 Å². The summed E-state index contributed by atoms with van der Waals surface area (Å²) in [5.74, 6) is 0.732. The molecule has 0 aromatic heterocycles. The highest BCUT2D eigenvalue weighted by Crippen LogP contribution is 2.53. The van der Waals surface area contributed by atoms with Crippen LogP contribution in [0.1, 0.15) is 29.5 Å². The summed E-state index contributed by atoms with van der Waals surface area (Å²) >= 11 is 0. The second-order valence-electron chi connectivity index (χ2n) is 6.50. The van der Waals surface area contributed by atoms with Gasteiger partial charge in [0.05, 0.1) is 5.41 Å². The van der Waals surface area contributed by atoms with E-state index in [-0.39, 0.29) is 23.1 Å². The number of allylic oxidation sites excluding steroid dienone is 1. The van der Waals surface area contributed by atoms with Gasteiger partial charge >= 0.3 is 0 Å². The molecule has 4 rings (SSSR count). The number of ketones is 1. The molecule has 1 spiro atoms. The van der Waals surface area contributed by atoms with Gasteiger partial charge in [-0.05, 0) is 44.6 Å². The van der Waals surface area contributed by atoms with Gasteiger partial charge in [-0.3, -0.25) is 4.79 Å².